The van der Waals surface area contributed by atoms with Crippen LogP contribution in [0.1, 0.15) is 16.8 Å². The molecule has 1 N–H and O–H groups in total. The van der Waals surface area contributed by atoms with Crippen LogP contribution in [0.25, 0.3) is 0 Å². The van der Waals surface area contributed by atoms with Crippen molar-refractivity contribution in [2.24, 2.45) is 0 Å². The molecule has 5 nitrogen and oxygen atoms in total. The highest BCUT2D eigenvalue weighted by atomic mass is 32.2. The number of hydrogen-bond donors (Lipinski definition) is 1. The summed E-state index contributed by atoms with van der Waals surface area (Å²) in [5.74, 6) is -1.06. The number of benzene rings is 1. The quantitative estimate of drug-likeness (QED) is 0.848. The van der Waals surface area contributed by atoms with Crippen LogP contribution in [0.5, 0.6) is 0 Å². The van der Waals surface area contributed by atoms with E-state index in [1.165, 1.54) is 28.6 Å². The average Bonchev–Trinajstić information content (AvgIpc) is 2.14. The van der Waals surface area contributed by atoms with Crippen molar-refractivity contribution < 1.29 is 18.3 Å². The Morgan fingerprint density at radius 3 is 2.12 bits per heavy atom. The van der Waals surface area contributed by atoms with E-state index in [0.717, 1.165) is 6.42 Å². The summed E-state index contributed by atoms with van der Waals surface area (Å²) in [7, 11) is -3.40. The minimum atomic E-state index is -3.40. The maximum atomic E-state index is 11.9. The number of sulfonamides is 1. The van der Waals surface area contributed by atoms with Gasteiger partial charge in [-0.2, -0.15) is 4.31 Å². The summed E-state index contributed by atoms with van der Waals surface area (Å²) in [6, 6.07) is 5.26. The molecule has 0 unspecified atom stereocenters. The van der Waals surface area contributed by atoms with Crippen LogP contribution in [0.2, 0.25) is 0 Å². The van der Waals surface area contributed by atoms with Crippen LogP contribution in [0, 0.1) is 0 Å². The number of carboxylic acids is 1. The first-order valence-electron chi connectivity index (χ1n) is 4.85. The van der Waals surface area contributed by atoms with Crippen LogP contribution in [-0.4, -0.2) is 36.9 Å². The number of carbonyl (C=O) groups is 1. The van der Waals surface area contributed by atoms with Gasteiger partial charge in [-0.05, 0) is 30.7 Å². The fraction of sp³-hybridized carbons (Fsp3) is 0.300. The molecule has 6 heteroatoms. The second-order valence-electron chi connectivity index (χ2n) is 3.59. The van der Waals surface area contributed by atoms with Crippen molar-refractivity contribution in [2.75, 3.05) is 13.1 Å². The predicted octanol–water partition coefficient (Wildman–Crippen LogP) is 0.779. The zero-order valence-corrected chi connectivity index (χ0v) is 9.27. The zero-order chi connectivity index (χ0) is 11.8. The van der Waals surface area contributed by atoms with Gasteiger partial charge >= 0.3 is 5.97 Å². The summed E-state index contributed by atoms with van der Waals surface area (Å²) in [6.45, 7) is 1.09. The van der Waals surface area contributed by atoms with Gasteiger partial charge in [-0.15, -0.1) is 0 Å². The SMILES string of the molecule is O=C(O)c1ccc(S(=O)(=O)N2CCC2)cc1. The second kappa shape index (κ2) is 3.88. The van der Waals surface area contributed by atoms with Crippen LogP contribution < -0.4 is 0 Å². The molecule has 1 aromatic rings. The summed E-state index contributed by atoms with van der Waals surface area (Å²) < 4.78 is 25.1. The first-order chi connectivity index (χ1) is 7.51. The van der Waals surface area contributed by atoms with Gasteiger partial charge in [0.15, 0.2) is 0 Å². The van der Waals surface area contributed by atoms with Crippen LogP contribution in [-0.2, 0) is 10.0 Å². The lowest BCUT2D eigenvalue weighted by Crippen LogP contribution is -2.41. The maximum absolute atomic E-state index is 11.9. The first-order valence-corrected chi connectivity index (χ1v) is 6.29. The van der Waals surface area contributed by atoms with Gasteiger partial charge in [0.1, 0.15) is 0 Å². The van der Waals surface area contributed by atoms with Gasteiger partial charge < -0.3 is 5.11 Å². The molecule has 1 aromatic carbocycles. The Morgan fingerprint density at radius 2 is 1.75 bits per heavy atom. The van der Waals surface area contributed by atoms with Crippen molar-refractivity contribution in [1.29, 1.82) is 0 Å². The van der Waals surface area contributed by atoms with Crippen molar-refractivity contribution in [3.8, 4) is 0 Å². The molecule has 0 amide bonds. The van der Waals surface area contributed by atoms with Crippen LogP contribution >= 0.6 is 0 Å². The van der Waals surface area contributed by atoms with Gasteiger partial charge in [0.25, 0.3) is 0 Å². The molecular weight excluding hydrogens is 230 g/mol. The van der Waals surface area contributed by atoms with Crippen molar-refractivity contribution in [2.45, 2.75) is 11.3 Å². The van der Waals surface area contributed by atoms with Crippen LogP contribution in [0.3, 0.4) is 0 Å². The Hall–Kier alpha value is -1.40. The van der Waals surface area contributed by atoms with E-state index >= 15 is 0 Å². The Kier molecular flexibility index (Phi) is 2.69. The molecular formula is C10H11NO4S. The van der Waals surface area contributed by atoms with Gasteiger partial charge in [0.2, 0.25) is 10.0 Å². The molecule has 1 fully saturated rings. The summed E-state index contributed by atoms with van der Waals surface area (Å²) in [5, 5.41) is 8.69. The maximum Gasteiger partial charge on any atom is 0.335 e. The van der Waals surface area contributed by atoms with Crippen molar-refractivity contribution in [3.05, 3.63) is 29.8 Å². The summed E-state index contributed by atoms with van der Waals surface area (Å²) in [6.07, 6.45) is 0.881. The van der Waals surface area contributed by atoms with Gasteiger partial charge in [-0.3, -0.25) is 0 Å². The van der Waals surface area contributed by atoms with Crippen LogP contribution in [0.15, 0.2) is 29.2 Å². The summed E-state index contributed by atoms with van der Waals surface area (Å²) in [4.78, 5) is 10.8. The van der Waals surface area contributed by atoms with E-state index in [4.69, 9.17) is 5.11 Å². The van der Waals surface area contributed by atoms with Crippen molar-refractivity contribution in [1.82, 2.24) is 4.31 Å². The fourth-order valence-electron chi connectivity index (χ4n) is 1.45. The van der Waals surface area contributed by atoms with E-state index in [9.17, 15) is 13.2 Å². The molecule has 0 atom stereocenters. The highest BCUT2D eigenvalue weighted by molar-refractivity contribution is 7.89. The van der Waals surface area contributed by atoms with Gasteiger partial charge in [0.05, 0.1) is 10.5 Å². The molecule has 0 bridgehead atoms. The smallest absolute Gasteiger partial charge is 0.335 e. The Morgan fingerprint density at radius 1 is 1.19 bits per heavy atom. The molecule has 86 valence electrons. The minimum absolute atomic E-state index is 0.0857. The molecule has 1 aliphatic heterocycles. The third kappa shape index (κ3) is 1.81. The van der Waals surface area contributed by atoms with Crippen LogP contribution in [0.4, 0.5) is 0 Å². The van der Waals surface area contributed by atoms with Gasteiger partial charge in [-0.1, -0.05) is 0 Å². The molecule has 16 heavy (non-hydrogen) atoms. The summed E-state index contributed by atoms with van der Waals surface area (Å²) in [5.41, 5.74) is 0.0857. The lowest BCUT2D eigenvalue weighted by Gasteiger charge is -2.29. The highest BCUT2D eigenvalue weighted by Gasteiger charge is 2.29. The zero-order valence-electron chi connectivity index (χ0n) is 8.46. The number of nitrogens with zero attached hydrogens (tertiary/aromatic N) is 1. The van der Waals surface area contributed by atoms with E-state index in [-0.39, 0.29) is 10.5 Å². The normalized spacial score (nSPS) is 16.8. The standard InChI is InChI=1S/C10H11NO4S/c12-10(13)8-2-4-9(5-3-8)16(14,15)11-6-1-7-11/h2-5H,1,6-7H2,(H,12,13). The minimum Gasteiger partial charge on any atom is -0.478 e. The lowest BCUT2D eigenvalue weighted by molar-refractivity contribution is 0.0696. The number of rotatable bonds is 3. The molecule has 0 aliphatic carbocycles. The topological polar surface area (TPSA) is 74.7 Å². The highest BCUT2D eigenvalue weighted by Crippen LogP contribution is 2.21. The number of hydrogen-bond acceptors (Lipinski definition) is 3. The monoisotopic (exact) mass is 241 g/mol. The molecule has 1 saturated heterocycles. The molecule has 2 rings (SSSR count). The predicted molar refractivity (Wildman–Crippen MR) is 56.8 cm³/mol. The van der Waals surface area contributed by atoms with Gasteiger partial charge in [0, 0.05) is 13.1 Å². The molecule has 0 radical (unpaired) electrons. The molecule has 0 saturated carbocycles. The molecule has 1 aliphatic rings. The molecule has 0 spiro atoms. The summed E-state index contributed by atoms with van der Waals surface area (Å²) >= 11 is 0. The third-order valence-electron chi connectivity index (χ3n) is 2.55. The Bertz CT molecular complexity index is 502. The Labute approximate surface area is 93.4 Å². The third-order valence-corrected chi connectivity index (χ3v) is 4.47. The van der Waals surface area contributed by atoms with E-state index in [1.807, 2.05) is 0 Å². The van der Waals surface area contributed by atoms with E-state index in [2.05, 4.69) is 0 Å². The second-order valence-corrected chi connectivity index (χ2v) is 5.53. The Balaban J connectivity index is 2.31. The van der Waals surface area contributed by atoms with E-state index in [1.54, 1.807) is 0 Å². The number of carboxylic acid groups (broad SMARTS) is 1. The molecule has 1 heterocycles. The first kappa shape index (κ1) is 11.1. The average molecular weight is 241 g/mol. The molecule has 0 aromatic heterocycles. The van der Waals surface area contributed by atoms with Gasteiger partial charge in [-0.25, -0.2) is 13.2 Å². The van der Waals surface area contributed by atoms with E-state index in [0.29, 0.717) is 13.1 Å². The number of aromatic carboxylic acids is 1. The van der Waals surface area contributed by atoms with E-state index < -0.39 is 16.0 Å². The largest absolute Gasteiger partial charge is 0.478 e. The van der Waals surface area contributed by atoms with Crippen molar-refractivity contribution >= 4 is 16.0 Å². The lowest BCUT2D eigenvalue weighted by atomic mass is 10.2. The van der Waals surface area contributed by atoms with Crippen molar-refractivity contribution in [3.63, 3.8) is 0 Å². The fourth-order valence-corrected chi connectivity index (χ4v) is 2.96.